The summed E-state index contributed by atoms with van der Waals surface area (Å²) in [5.74, 6) is -0.416. The smallest absolute Gasteiger partial charge is 0.258 e. The fourth-order valence-electron chi connectivity index (χ4n) is 1.57. The maximum Gasteiger partial charge on any atom is 0.258 e. The number of rotatable bonds is 6. The summed E-state index contributed by atoms with van der Waals surface area (Å²) in [7, 11) is 0. The molecule has 0 saturated carbocycles. The number of aromatic nitrogens is 1. The van der Waals surface area contributed by atoms with E-state index in [1.54, 1.807) is 23.5 Å². The first-order chi connectivity index (χ1) is 10.0. The number of hydrogen-bond donors (Lipinski definition) is 2. The number of carbonyl (C=O) groups is 2. The van der Waals surface area contributed by atoms with E-state index in [2.05, 4.69) is 10.3 Å². The van der Waals surface area contributed by atoms with Crippen LogP contribution in [0, 0.1) is 6.92 Å². The summed E-state index contributed by atoms with van der Waals surface area (Å²) < 4.78 is 5.31. The minimum Gasteiger partial charge on any atom is -0.484 e. The van der Waals surface area contributed by atoms with E-state index in [1.165, 1.54) is 0 Å². The van der Waals surface area contributed by atoms with Crippen LogP contribution in [0.3, 0.4) is 0 Å². The van der Waals surface area contributed by atoms with Gasteiger partial charge >= 0.3 is 0 Å². The molecule has 0 radical (unpaired) electrons. The van der Waals surface area contributed by atoms with E-state index in [9.17, 15) is 9.59 Å². The van der Waals surface area contributed by atoms with Crippen LogP contribution in [0.4, 0.5) is 0 Å². The van der Waals surface area contributed by atoms with Crippen LogP contribution in [-0.4, -0.2) is 29.9 Å². The zero-order valence-electron chi connectivity index (χ0n) is 11.5. The van der Waals surface area contributed by atoms with Crippen molar-refractivity contribution < 1.29 is 14.3 Å². The second-order valence-electron chi connectivity index (χ2n) is 4.35. The average Bonchev–Trinajstić information content (AvgIpc) is 2.90. The minimum absolute atomic E-state index is 0.164. The lowest BCUT2D eigenvalue weighted by atomic mass is 10.2. The fourth-order valence-corrected chi connectivity index (χ4v) is 2.37. The maximum absolute atomic E-state index is 11.4. The summed E-state index contributed by atoms with van der Waals surface area (Å²) in [5.41, 5.74) is 6.91. The summed E-state index contributed by atoms with van der Waals surface area (Å²) >= 11 is 1.58. The number of nitrogens with zero attached hydrogens (tertiary/aromatic N) is 1. The van der Waals surface area contributed by atoms with Crippen molar-refractivity contribution >= 4 is 23.2 Å². The van der Waals surface area contributed by atoms with Gasteiger partial charge in [0.05, 0.1) is 6.54 Å². The maximum atomic E-state index is 11.4. The summed E-state index contributed by atoms with van der Waals surface area (Å²) in [4.78, 5) is 26.3. The number of thiazole rings is 1. The number of benzene rings is 1. The monoisotopic (exact) mass is 305 g/mol. The van der Waals surface area contributed by atoms with E-state index in [1.807, 2.05) is 24.4 Å². The van der Waals surface area contributed by atoms with Crippen molar-refractivity contribution in [2.45, 2.75) is 6.92 Å². The molecule has 2 aromatic rings. The van der Waals surface area contributed by atoms with Gasteiger partial charge in [0.25, 0.3) is 5.91 Å². The fraction of sp³-hybridized carbons (Fsp3) is 0.214. The van der Waals surface area contributed by atoms with E-state index in [0.29, 0.717) is 5.75 Å². The van der Waals surface area contributed by atoms with Crippen LogP contribution in [-0.2, 0) is 9.59 Å². The third-order valence-electron chi connectivity index (χ3n) is 2.55. The van der Waals surface area contributed by atoms with Gasteiger partial charge in [0.1, 0.15) is 10.8 Å². The molecule has 0 aliphatic carbocycles. The Morgan fingerprint density at radius 1 is 1.33 bits per heavy atom. The van der Waals surface area contributed by atoms with Crippen LogP contribution in [0.5, 0.6) is 5.75 Å². The Balaban J connectivity index is 1.88. The van der Waals surface area contributed by atoms with Crippen LogP contribution < -0.4 is 15.8 Å². The molecule has 0 aliphatic heterocycles. The molecule has 110 valence electrons. The number of nitrogens with one attached hydrogen (secondary N) is 1. The van der Waals surface area contributed by atoms with Crippen molar-refractivity contribution in [2.75, 3.05) is 13.2 Å². The summed E-state index contributed by atoms with van der Waals surface area (Å²) in [5, 5.41) is 5.28. The van der Waals surface area contributed by atoms with Crippen molar-refractivity contribution in [3.05, 3.63) is 35.3 Å². The van der Waals surface area contributed by atoms with Crippen molar-refractivity contribution in [1.82, 2.24) is 10.3 Å². The van der Waals surface area contributed by atoms with Crippen molar-refractivity contribution in [3.8, 4) is 16.3 Å². The molecule has 0 bridgehead atoms. The molecule has 3 N–H and O–H groups in total. The first kappa shape index (κ1) is 15.0. The molecule has 0 spiro atoms. The van der Waals surface area contributed by atoms with E-state index >= 15 is 0 Å². The van der Waals surface area contributed by atoms with Gasteiger partial charge in [0.2, 0.25) is 5.91 Å². The lowest BCUT2D eigenvalue weighted by molar-refractivity contribution is -0.126. The average molecular weight is 305 g/mol. The Morgan fingerprint density at radius 3 is 2.62 bits per heavy atom. The standard InChI is InChI=1S/C14H15N3O3S/c1-9-8-21-14(17-9)10-2-4-11(5-3-10)20-7-13(19)16-6-12(15)18/h2-5,8H,6-7H2,1H3,(H2,15,18)(H,16,19). The molecule has 2 amide bonds. The van der Waals surface area contributed by atoms with Gasteiger partial charge in [-0.1, -0.05) is 0 Å². The molecule has 6 nitrogen and oxygen atoms in total. The predicted molar refractivity (Wildman–Crippen MR) is 80.0 cm³/mol. The van der Waals surface area contributed by atoms with Crippen LogP contribution in [0.25, 0.3) is 10.6 Å². The zero-order valence-corrected chi connectivity index (χ0v) is 12.3. The van der Waals surface area contributed by atoms with E-state index in [-0.39, 0.29) is 13.2 Å². The van der Waals surface area contributed by atoms with Gasteiger partial charge in [0.15, 0.2) is 6.61 Å². The van der Waals surface area contributed by atoms with E-state index in [0.717, 1.165) is 16.3 Å². The Morgan fingerprint density at radius 2 is 2.05 bits per heavy atom. The Labute approximate surface area is 125 Å². The zero-order chi connectivity index (χ0) is 15.2. The molecule has 7 heteroatoms. The lowest BCUT2D eigenvalue weighted by Gasteiger charge is -2.06. The van der Waals surface area contributed by atoms with Crippen molar-refractivity contribution in [1.29, 1.82) is 0 Å². The molecule has 21 heavy (non-hydrogen) atoms. The van der Waals surface area contributed by atoms with Gasteiger partial charge in [-0.05, 0) is 31.2 Å². The highest BCUT2D eigenvalue weighted by atomic mass is 32.1. The number of aryl methyl sites for hydroxylation is 1. The van der Waals surface area contributed by atoms with Crippen LogP contribution in [0.1, 0.15) is 5.69 Å². The van der Waals surface area contributed by atoms with Crippen LogP contribution in [0.2, 0.25) is 0 Å². The minimum atomic E-state index is -0.591. The molecule has 0 atom stereocenters. The number of primary amides is 1. The molecule has 1 aromatic heterocycles. The second kappa shape index (κ2) is 6.85. The molecular weight excluding hydrogens is 290 g/mol. The van der Waals surface area contributed by atoms with Gasteiger partial charge in [0, 0.05) is 16.6 Å². The van der Waals surface area contributed by atoms with Gasteiger partial charge in [-0.2, -0.15) is 0 Å². The van der Waals surface area contributed by atoms with E-state index < -0.39 is 11.8 Å². The Hall–Kier alpha value is -2.41. The highest BCUT2D eigenvalue weighted by molar-refractivity contribution is 7.13. The molecule has 0 saturated heterocycles. The molecule has 1 heterocycles. The predicted octanol–water partition coefficient (Wildman–Crippen LogP) is 1.10. The lowest BCUT2D eigenvalue weighted by Crippen LogP contribution is -2.36. The number of amides is 2. The highest BCUT2D eigenvalue weighted by Crippen LogP contribution is 2.25. The first-order valence-corrected chi connectivity index (χ1v) is 7.13. The van der Waals surface area contributed by atoms with Crippen molar-refractivity contribution in [2.24, 2.45) is 5.73 Å². The highest BCUT2D eigenvalue weighted by Gasteiger charge is 2.05. The summed E-state index contributed by atoms with van der Waals surface area (Å²) in [6, 6.07) is 7.31. The number of ether oxygens (including phenoxy) is 1. The third kappa shape index (κ3) is 4.57. The number of nitrogens with two attached hydrogens (primary N) is 1. The van der Waals surface area contributed by atoms with E-state index in [4.69, 9.17) is 10.5 Å². The molecule has 0 fully saturated rings. The normalized spacial score (nSPS) is 10.1. The molecule has 0 aliphatic rings. The Bertz CT molecular complexity index is 637. The van der Waals surface area contributed by atoms with Crippen LogP contribution >= 0.6 is 11.3 Å². The quantitative estimate of drug-likeness (QED) is 0.835. The number of carbonyl (C=O) groups excluding carboxylic acids is 2. The molecule has 2 rings (SSSR count). The van der Waals surface area contributed by atoms with Gasteiger partial charge in [-0.3, -0.25) is 9.59 Å². The second-order valence-corrected chi connectivity index (χ2v) is 5.21. The van der Waals surface area contributed by atoms with Gasteiger partial charge < -0.3 is 15.8 Å². The number of hydrogen-bond acceptors (Lipinski definition) is 5. The van der Waals surface area contributed by atoms with Gasteiger partial charge in [-0.25, -0.2) is 4.98 Å². The SMILES string of the molecule is Cc1csc(-c2ccc(OCC(=O)NCC(N)=O)cc2)n1. The third-order valence-corrected chi connectivity index (χ3v) is 3.56. The topological polar surface area (TPSA) is 94.3 Å². The Kier molecular flexibility index (Phi) is 4.89. The summed E-state index contributed by atoms with van der Waals surface area (Å²) in [6.07, 6.45) is 0. The molecular formula is C14H15N3O3S. The van der Waals surface area contributed by atoms with Crippen molar-refractivity contribution in [3.63, 3.8) is 0 Å². The van der Waals surface area contributed by atoms with Crippen LogP contribution in [0.15, 0.2) is 29.6 Å². The molecule has 0 unspecified atom stereocenters. The summed E-state index contributed by atoms with van der Waals surface area (Å²) in [6.45, 7) is 1.59. The largest absolute Gasteiger partial charge is 0.484 e. The van der Waals surface area contributed by atoms with Gasteiger partial charge in [-0.15, -0.1) is 11.3 Å². The molecule has 1 aromatic carbocycles. The first-order valence-electron chi connectivity index (χ1n) is 6.25.